The van der Waals surface area contributed by atoms with Gasteiger partial charge in [0.1, 0.15) is 0 Å². The second-order valence-electron chi connectivity index (χ2n) is 7.49. The highest BCUT2D eigenvalue weighted by Crippen LogP contribution is 2.32. The third kappa shape index (κ3) is 4.18. The Morgan fingerprint density at radius 2 is 1.68 bits per heavy atom. The minimum absolute atomic E-state index is 0.0531. The molecule has 0 saturated carbocycles. The van der Waals surface area contributed by atoms with Crippen molar-refractivity contribution < 1.29 is 23.8 Å². The number of hydrogen-bond donors (Lipinski definition) is 1. The number of rotatable bonds is 6. The van der Waals surface area contributed by atoms with E-state index >= 15 is 0 Å². The molecule has 1 aliphatic heterocycles. The Balaban J connectivity index is 1.31. The molecule has 5 rings (SSSR count). The molecule has 0 fully saturated rings. The van der Waals surface area contributed by atoms with E-state index in [0.717, 1.165) is 10.2 Å². The summed E-state index contributed by atoms with van der Waals surface area (Å²) in [6, 6.07) is 20.8. The minimum Gasteiger partial charge on any atom is -0.454 e. The fourth-order valence-corrected chi connectivity index (χ4v) is 3.59. The van der Waals surface area contributed by atoms with Crippen molar-refractivity contribution in [3.05, 3.63) is 94.4 Å². The first-order chi connectivity index (χ1) is 16.6. The van der Waals surface area contributed by atoms with Crippen LogP contribution >= 0.6 is 0 Å². The number of benzene rings is 3. The number of carbonyl (C=O) groups excluding carboxylic acids is 2. The van der Waals surface area contributed by atoms with E-state index in [2.05, 4.69) is 10.4 Å². The molecule has 0 saturated heterocycles. The Hall–Kier alpha value is -4.66. The number of ether oxygens (including phenoxy) is 3. The van der Waals surface area contributed by atoms with Crippen molar-refractivity contribution in [1.82, 2.24) is 15.1 Å². The van der Waals surface area contributed by atoms with Crippen LogP contribution in [-0.4, -0.2) is 35.1 Å². The Labute approximate surface area is 193 Å². The molecule has 1 amide bonds. The summed E-state index contributed by atoms with van der Waals surface area (Å²) in [7, 11) is 0. The smallest absolute Gasteiger partial charge is 0.359 e. The molecule has 2 heterocycles. The van der Waals surface area contributed by atoms with Gasteiger partial charge >= 0.3 is 5.97 Å². The van der Waals surface area contributed by atoms with Gasteiger partial charge in [0.25, 0.3) is 11.5 Å². The van der Waals surface area contributed by atoms with Gasteiger partial charge in [-0.3, -0.25) is 9.59 Å². The summed E-state index contributed by atoms with van der Waals surface area (Å²) in [6.07, 6.45) is 0. The molecule has 3 aromatic carbocycles. The number of amides is 1. The zero-order valence-electron chi connectivity index (χ0n) is 17.9. The molecule has 0 aliphatic carbocycles. The van der Waals surface area contributed by atoms with Gasteiger partial charge in [0, 0.05) is 11.9 Å². The second kappa shape index (κ2) is 9.07. The monoisotopic (exact) mass is 457 g/mol. The van der Waals surface area contributed by atoms with E-state index < -0.39 is 18.5 Å². The molecule has 0 atom stereocenters. The van der Waals surface area contributed by atoms with Crippen LogP contribution in [0, 0.1) is 0 Å². The van der Waals surface area contributed by atoms with Crippen molar-refractivity contribution in [2.24, 2.45) is 0 Å². The molecule has 0 unspecified atom stereocenters. The summed E-state index contributed by atoms with van der Waals surface area (Å²) in [6.45, 7) is -0.0989. The maximum Gasteiger partial charge on any atom is 0.359 e. The Morgan fingerprint density at radius 1 is 0.941 bits per heavy atom. The first kappa shape index (κ1) is 21.2. The highest BCUT2D eigenvalue weighted by molar-refractivity contribution is 6.02. The molecule has 1 aromatic heterocycles. The van der Waals surface area contributed by atoms with Gasteiger partial charge in [0.15, 0.2) is 23.8 Å². The van der Waals surface area contributed by atoms with Crippen molar-refractivity contribution in [2.75, 3.05) is 13.4 Å². The highest BCUT2D eigenvalue weighted by atomic mass is 16.7. The summed E-state index contributed by atoms with van der Waals surface area (Å²) in [5.41, 5.74) is 0.905. The first-order valence-corrected chi connectivity index (χ1v) is 10.5. The topological polar surface area (TPSA) is 109 Å². The van der Waals surface area contributed by atoms with Crippen molar-refractivity contribution in [2.45, 2.75) is 6.54 Å². The van der Waals surface area contributed by atoms with E-state index in [-0.39, 0.29) is 24.6 Å². The molecular weight excluding hydrogens is 438 g/mol. The molecule has 9 nitrogen and oxygen atoms in total. The van der Waals surface area contributed by atoms with Crippen LogP contribution in [0.25, 0.3) is 16.5 Å². The number of hydrogen-bond acceptors (Lipinski definition) is 7. The summed E-state index contributed by atoms with van der Waals surface area (Å²) in [4.78, 5) is 38.0. The van der Waals surface area contributed by atoms with Crippen molar-refractivity contribution >= 4 is 22.6 Å². The first-order valence-electron chi connectivity index (χ1n) is 10.5. The van der Waals surface area contributed by atoms with E-state index in [4.69, 9.17) is 14.2 Å². The van der Waals surface area contributed by atoms with E-state index in [0.29, 0.717) is 28.0 Å². The van der Waals surface area contributed by atoms with Crippen LogP contribution in [-0.2, 0) is 16.1 Å². The third-order valence-corrected chi connectivity index (χ3v) is 5.26. The normalized spacial score (nSPS) is 11.9. The van der Waals surface area contributed by atoms with E-state index in [1.807, 2.05) is 12.1 Å². The SMILES string of the molecule is O=C(COC(=O)c1nn(-c2ccccc2)c(=O)c2ccccc12)NCc1ccc2c(c1)OCO2. The predicted molar refractivity (Wildman–Crippen MR) is 122 cm³/mol. The summed E-state index contributed by atoms with van der Waals surface area (Å²) in [5, 5.41) is 7.61. The highest BCUT2D eigenvalue weighted by Gasteiger charge is 2.20. The van der Waals surface area contributed by atoms with Crippen LogP contribution < -0.4 is 20.3 Å². The van der Waals surface area contributed by atoms with Crippen LogP contribution in [0.1, 0.15) is 16.1 Å². The standard InChI is InChI=1S/C25H19N3O6/c29-22(26-13-16-10-11-20-21(12-16)34-15-33-20)14-32-25(31)23-18-8-4-5-9-19(18)24(30)28(27-23)17-6-2-1-3-7-17/h1-12H,13-15H2,(H,26,29). The van der Waals surface area contributed by atoms with Gasteiger partial charge in [0.05, 0.1) is 11.1 Å². The van der Waals surface area contributed by atoms with E-state index in [1.165, 1.54) is 0 Å². The average Bonchev–Trinajstić information content (AvgIpc) is 3.35. The average molecular weight is 457 g/mol. The molecule has 1 aliphatic rings. The largest absolute Gasteiger partial charge is 0.454 e. The third-order valence-electron chi connectivity index (χ3n) is 5.26. The number of esters is 1. The molecule has 4 aromatic rings. The van der Waals surface area contributed by atoms with Crippen molar-refractivity contribution in [3.63, 3.8) is 0 Å². The predicted octanol–water partition coefficient (Wildman–Crippen LogP) is 2.59. The molecular formula is C25H19N3O6. The molecule has 34 heavy (non-hydrogen) atoms. The molecule has 1 N–H and O–H groups in total. The fourth-order valence-electron chi connectivity index (χ4n) is 3.59. The number of fused-ring (bicyclic) bond motifs is 2. The van der Waals surface area contributed by atoms with E-state index in [1.54, 1.807) is 60.7 Å². The number of carbonyl (C=O) groups is 2. The lowest BCUT2D eigenvalue weighted by atomic mass is 10.1. The minimum atomic E-state index is -0.806. The van der Waals surface area contributed by atoms with Gasteiger partial charge in [0.2, 0.25) is 6.79 Å². The van der Waals surface area contributed by atoms with Gasteiger partial charge in [-0.25, -0.2) is 4.79 Å². The second-order valence-corrected chi connectivity index (χ2v) is 7.49. The van der Waals surface area contributed by atoms with E-state index in [9.17, 15) is 14.4 Å². The van der Waals surface area contributed by atoms with Crippen LogP contribution in [0.15, 0.2) is 77.6 Å². The lowest BCUT2D eigenvalue weighted by molar-refractivity contribution is -0.124. The molecule has 0 spiro atoms. The van der Waals surface area contributed by atoms with Crippen molar-refractivity contribution in [1.29, 1.82) is 0 Å². The quantitative estimate of drug-likeness (QED) is 0.443. The van der Waals surface area contributed by atoms with Gasteiger partial charge in [-0.1, -0.05) is 42.5 Å². The van der Waals surface area contributed by atoms with Crippen LogP contribution in [0.2, 0.25) is 0 Å². The number of para-hydroxylation sites is 1. The number of nitrogens with zero attached hydrogens (tertiary/aromatic N) is 2. The lowest BCUT2D eigenvalue weighted by Crippen LogP contribution is -2.29. The molecule has 0 radical (unpaired) electrons. The van der Waals surface area contributed by atoms with Gasteiger partial charge in [-0.15, -0.1) is 0 Å². The number of nitrogens with one attached hydrogen (secondary N) is 1. The summed E-state index contributed by atoms with van der Waals surface area (Å²) >= 11 is 0. The van der Waals surface area contributed by atoms with Crippen LogP contribution in [0.5, 0.6) is 11.5 Å². The van der Waals surface area contributed by atoms with Crippen LogP contribution in [0.3, 0.4) is 0 Å². The Kier molecular flexibility index (Phi) is 5.65. The lowest BCUT2D eigenvalue weighted by Gasteiger charge is -2.11. The van der Waals surface area contributed by atoms with Gasteiger partial charge < -0.3 is 19.5 Å². The maximum absolute atomic E-state index is 12.9. The Bertz CT molecular complexity index is 1450. The molecule has 9 heteroatoms. The van der Waals surface area contributed by atoms with Crippen LogP contribution in [0.4, 0.5) is 0 Å². The number of aromatic nitrogens is 2. The van der Waals surface area contributed by atoms with Gasteiger partial charge in [-0.05, 0) is 35.9 Å². The zero-order valence-corrected chi connectivity index (χ0v) is 17.9. The molecule has 170 valence electrons. The summed E-state index contributed by atoms with van der Waals surface area (Å²) in [5.74, 6) is -0.0175. The Morgan fingerprint density at radius 3 is 2.50 bits per heavy atom. The zero-order chi connectivity index (χ0) is 23.5. The van der Waals surface area contributed by atoms with Gasteiger partial charge in [-0.2, -0.15) is 9.78 Å². The summed E-state index contributed by atoms with van der Waals surface area (Å²) < 4.78 is 17.0. The van der Waals surface area contributed by atoms with Crippen molar-refractivity contribution in [3.8, 4) is 17.2 Å². The maximum atomic E-state index is 12.9. The molecule has 0 bridgehead atoms. The fraction of sp³-hybridized carbons (Fsp3) is 0.120.